The Bertz CT molecular complexity index is 1270. The third-order valence-corrected chi connectivity index (χ3v) is 7.84. The number of carbonyl (C=O) groups excluding carboxylic acids is 1. The first-order valence-corrected chi connectivity index (χ1v) is 12.9. The fraction of sp³-hybridized carbons (Fsp3) is 0.320. The van der Waals surface area contributed by atoms with Gasteiger partial charge in [-0.05, 0) is 61.9 Å². The smallest absolute Gasteiger partial charge is 0.191 e. The van der Waals surface area contributed by atoms with Crippen LogP contribution in [-0.2, 0) is 13.0 Å². The molecule has 0 bridgehead atoms. The van der Waals surface area contributed by atoms with Gasteiger partial charge in [0, 0.05) is 40.8 Å². The molecule has 0 unspecified atom stereocenters. The van der Waals surface area contributed by atoms with E-state index in [4.69, 9.17) is 0 Å². The maximum absolute atomic E-state index is 13.2. The van der Waals surface area contributed by atoms with Crippen molar-refractivity contribution in [3.05, 3.63) is 86.9 Å². The number of nitrogens with zero attached hydrogens (tertiary/aromatic N) is 4. The maximum Gasteiger partial charge on any atom is 0.191 e. The maximum atomic E-state index is 13.2. The SMILES string of the molecule is Cc1cc(C(=O)CSc2nnc(Cc3cccs3)n2C2CC2)c(C)n1Cc1ccc(F)cc1. The molecule has 4 aromatic rings. The Balaban J connectivity index is 1.30. The molecule has 0 spiro atoms. The van der Waals surface area contributed by atoms with E-state index in [0.717, 1.165) is 52.8 Å². The Hall–Kier alpha value is -2.71. The van der Waals surface area contributed by atoms with Crippen molar-refractivity contribution >= 4 is 28.9 Å². The van der Waals surface area contributed by atoms with Gasteiger partial charge in [-0.3, -0.25) is 4.79 Å². The van der Waals surface area contributed by atoms with Gasteiger partial charge in [0.15, 0.2) is 10.9 Å². The molecule has 8 heteroatoms. The van der Waals surface area contributed by atoms with Crippen molar-refractivity contribution in [1.82, 2.24) is 19.3 Å². The van der Waals surface area contributed by atoms with Crippen molar-refractivity contribution in [3.8, 4) is 0 Å². The van der Waals surface area contributed by atoms with E-state index in [2.05, 4.69) is 36.8 Å². The third kappa shape index (κ3) is 4.82. The highest BCUT2D eigenvalue weighted by molar-refractivity contribution is 7.99. The summed E-state index contributed by atoms with van der Waals surface area (Å²) in [5, 5.41) is 11.8. The Morgan fingerprint density at radius 2 is 1.97 bits per heavy atom. The van der Waals surface area contributed by atoms with E-state index in [1.165, 1.54) is 28.8 Å². The molecule has 0 aliphatic heterocycles. The van der Waals surface area contributed by atoms with Crippen molar-refractivity contribution in [1.29, 1.82) is 0 Å². The first kappa shape index (κ1) is 22.1. The minimum Gasteiger partial charge on any atom is -0.344 e. The molecule has 1 aliphatic rings. The van der Waals surface area contributed by atoms with Gasteiger partial charge >= 0.3 is 0 Å². The molecule has 33 heavy (non-hydrogen) atoms. The number of hydrogen-bond acceptors (Lipinski definition) is 5. The molecule has 5 nitrogen and oxygen atoms in total. The quantitative estimate of drug-likeness (QED) is 0.223. The van der Waals surface area contributed by atoms with Crippen LogP contribution in [0.5, 0.6) is 0 Å². The summed E-state index contributed by atoms with van der Waals surface area (Å²) < 4.78 is 17.6. The lowest BCUT2D eigenvalue weighted by molar-refractivity contribution is 0.102. The Kier molecular flexibility index (Phi) is 6.21. The van der Waals surface area contributed by atoms with E-state index in [0.29, 0.717) is 18.3 Å². The van der Waals surface area contributed by atoms with Crippen LogP contribution in [0, 0.1) is 19.7 Å². The second kappa shape index (κ2) is 9.27. The predicted molar refractivity (Wildman–Crippen MR) is 130 cm³/mol. The number of Topliss-reactive ketones (excluding diaryl/α,β-unsaturated/α-hetero) is 1. The lowest BCUT2D eigenvalue weighted by Gasteiger charge is -2.10. The number of carbonyl (C=O) groups is 1. The minimum atomic E-state index is -0.245. The summed E-state index contributed by atoms with van der Waals surface area (Å²) in [6, 6.07) is 13.1. The number of rotatable bonds is 9. The standard InChI is InChI=1S/C25H25FN4OS2/c1-16-12-22(17(2)29(16)14-18-5-7-19(26)8-6-18)23(31)15-33-25-28-27-24(30(25)20-9-10-20)13-21-4-3-11-32-21/h3-8,11-12,20H,9-10,13-15H2,1-2H3. The normalized spacial score (nSPS) is 13.5. The summed E-state index contributed by atoms with van der Waals surface area (Å²) in [6.07, 6.45) is 3.06. The Labute approximate surface area is 200 Å². The summed E-state index contributed by atoms with van der Waals surface area (Å²) >= 11 is 3.20. The second-order valence-corrected chi connectivity index (χ2v) is 10.4. The molecule has 1 fully saturated rings. The summed E-state index contributed by atoms with van der Waals surface area (Å²) in [7, 11) is 0. The van der Waals surface area contributed by atoms with Crippen molar-refractivity contribution < 1.29 is 9.18 Å². The molecule has 1 aliphatic carbocycles. The van der Waals surface area contributed by atoms with E-state index in [9.17, 15) is 9.18 Å². The van der Waals surface area contributed by atoms with Crippen LogP contribution in [0.3, 0.4) is 0 Å². The number of benzene rings is 1. The van der Waals surface area contributed by atoms with Gasteiger partial charge in [0.1, 0.15) is 11.6 Å². The average Bonchev–Trinajstić information content (AvgIpc) is 3.23. The van der Waals surface area contributed by atoms with Crippen LogP contribution in [0.15, 0.2) is 53.0 Å². The van der Waals surface area contributed by atoms with Gasteiger partial charge in [-0.15, -0.1) is 21.5 Å². The predicted octanol–water partition coefficient (Wildman–Crippen LogP) is 5.85. The number of thiophene rings is 1. The summed E-state index contributed by atoms with van der Waals surface area (Å²) in [5.41, 5.74) is 3.69. The number of hydrogen-bond donors (Lipinski definition) is 0. The van der Waals surface area contributed by atoms with E-state index >= 15 is 0 Å². The van der Waals surface area contributed by atoms with Gasteiger partial charge in [-0.25, -0.2) is 4.39 Å². The Morgan fingerprint density at radius 3 is 2.67 bits per heavy atom. The molecule has 0 amide bonds. The average molecular weight is 481 g/mol. The molecule has 5 rings (SSSR count). The molecule has 3 aromatic heterocycles. The molecule has 3 heterocycles. The second-order valence-electron chi connectivity index (χ2n) is 8.47. The highest BCUT2D eigenvalue weighted by Gasteiger charge is 2.30. The lowest BCUT2D eigenvalue weighted by atomic mass is 10.2. The zero-order valence-corrected chi connectivity index (χ0v) is 20.3. The van der Waals surface area contributed by atoms with E-state index in [-0.39, 0.29) is 11.6 Å². The van der Waals surface area contributed by atoms with Gasteiger partial charge in [-0.1, -0.05) is 30.0 Å². The van der Waals surface area contributed by atoms with Crippen LogP contribution in [-0.4, -0.2) is 30.9 Å². The number of thioether (sulfide) groups is 1. The minimum absolute atomic E-state index is 0.0867. The number of ketones is 1. The van der Waals surface area contributed by atoms with Crippen LogP contribution in [0.4, 0.5) is 4.39 Å². The topological polar surface area (TPSA) is 52.7 Å². The molecule has 170 valence electrons. The number of aromatic nitrogens is 4. The zero-order valence-electron chi connectivity index (χ0n) is 18.6. The van der Waals surface area contributed by atoms with Gasteiger partial charge in [0.05, 0.1) is 5.75 Å². The van der Waals surface area contributed by atoms with Crippen LogP contribution in [0.2, 0.25) is 0 Å². The van der Waals surface area contributed by atoms with Crippen molar-refractivity contribution in [2.24, 2.45) is 0 Å². The van der Waals surface area contributed by atoms with Crippen LogP contribution < -0.4 is 0 Å². The van der Waals surface area contributed by atoms with Gasteiger partial charge in [0.25, 0.3) is 0 Å². The van der Waals surface area contributed by atoms with Crippen molar-refractivity contribution in [2.75, 3.05) is 5.75 Å². The third-order valence-electron chi connectivity index (χ3n) is 6.02. The molecule has 0 N–H and O–H groups in total. The monoisotopic (exact) mass is 480 g/mol. The fourth-order valence-electron chi connectivity index (χ4n) is 4.10. The number of aryl methyl sites for hydroxylation is 1. The molecule has 0 saturated heterocycles. The first-order valence-electron chi connectivity index (χ1n) is 11.0. The van der Waals surface area contributed by atoms with E-state index < -0.39 is 0 Å². The summed E-state index contributed by atoms with van der Waals surface area (Å²) in [4.78, 5) is 14.4. The van der Waals surface area contributed by atoms with Crippen LogP contribution >= 0.6 is 23.1 Å². The molecular formula is C25H25FN4OS2. The van der Waals surface area contributed by atoms with Gasteiger partial charge in [0.2, 0.25) is 0 Å². The molecule has 0 radical (unpaired) electrons. The molecule has 0 atom stereocenters. The summed E-state index contributed by atoms with van der Waals surface area (Å²) in [6.45, 7) is 4.59. The largest absolute Gasteiger partial charge is 0.344 e. The first-order chi connectivity index (χ1) is 16.0. The van der Waals surface area contributed by atoms with Gasteiger partial charge in [-0.2, -0.15) is 0 Å². The Morgan fingerprint density at radius 1 is 1.18 bits per heavy atom. The highest BCUT2D eigenvalue weighted by atomic mass is 32.2. The van der Waals surface area contributed by atoms with Crippen molar-refractivity contribution in [2.45, 2.75) is 50.9 Å². The van der Waals surface area contributed by atoms with Crippen molar-refractivity contribution in [3.63, 3.8) is 0 Å². The fourth-order valence-corrected chi connectivity index (χ4v) is 5.71. The van der Waals surface area contributed by atoms with E-state index in [1.54, 1.807) is 23.5 Å². The number of halogens is 1. The van der Waals surface area contributed by atoms with Crippen LogP contribution in [0.25, 0.3) is 0 Å². The van der Waals surface area contributed by atoms with E-state index in [1.807, 2.05) is 19.9 Å². The zero-order chi connectivity index (χ0) is 22.9. The highest BCUT2D eigenvalue weighted by Crippen LogP contribution is 2.39. The van der Waals surface area contributed by atoms with Crippen LogP contribution in [0.1, 0.15) is 56.9 Å². The van der Waals surface area contributed by atoms with Gasteiger partial charge < -0.3 is 9.13 Å². The lowest BCUT2D eigenvalue weighted by Crippen LogP contribution is -2.09. The summed E-state index contributed by atoms with van der Waals surface area (Å²) in [5.74, 6) is 1.14. The molecule has 1 aromatic carbocycles. The molecular weight excluding hydrogens is 455 g/mol. The molecule has 1 saturated carbocycles.